The molecule has 2 heterocycles. The number of piperidine rings is 1. The monoisotopic (exact) mass is 856 g/mol. The molecule has 12 heteroatoms. The van der Waals surface area contributed by atoms with Crippen molar-refractivity contribution in [3.8, 4) is 0 Å². The van der Waals surface area contributed by atoms with Crippen LogP contribution in [0, 0.1) is 5.92 Å². The Morgan fingerprint density at radius 2 is 1.06 bits per heavy atom. The van der Waals surface area contributed by atoms with E-state index in [-0.39, 0.29) is 29.7 Å². The average Bonchev–Trinajstić information content (AvgIpc) is 3.29. The lowest BCUT2D eigenvalue weighted by atomic mass is 9.74. The van der Waals surface area contributed by atoms with E-state index in [1.54, 1.807) is 0 Å². The predicted molar refractivity (Wildman–Crippen MR) is 246 cm³/mol. The number of carbonyl (C=O) groups is 5. The zero-order chi connectivity index (χ0) is 44.8. The van der Waals surface area contributed by atoms with Gasteiger partial charge in [-0.25, -0.2) is 0 Å². The molecule has 1 spiro atoms. The summed E-state index contributed by atoms with van der Waals surface area (Å²) in [5.41, 5.74) is 15.5. The molecule has 2 aliphatic heterocycles. The van der Waals surface area contributed by atoms with Gasteiger partial charge in [0.25, 0.3) is 0 Å². The fraction of sp³-hybridized carbons (Fsp3) is 0.431. The van der Waals surface area contributed by atoms with Gasteiger partial charge >= 0.3 is 0 Å². The lowest BCUT2D eigenvalue weighted by Crippen LogP contribution is -2.67. The molecule has 4 aromatic rings. The van der Waals surface area contributed by atoms with Crippen LogP contribution in [0.25, 0.3) is 0 Å². The molecule has 2 fully saturated rings. The normalized spacial score (nSPS) is 16.4. The summed E-state index contributed by atoms with van der Waals surface area (Å²) in [4.78, 5) is 74.5. The van der Waals surface area contributed by atoms with Crippen LogP contribution in [-0.2, 0) is 36.8 Å². The highest BCUT2D eigenvalue weighted by Crippen LogP contribution is 2.43. The molecule has 0 aliphatic carbocycles. The van der Waals surface area contributed by atoms with Crippen molar-refractivity contribution in [3.05, 3.63) is 144 Å². The molecule has 12 nitrogen and oxygen atoms in total. The summed E-state index contributed by atoms with van der Waals surface area (Å²) in [5, 5.41) is 8.83. The number of hydrogen-bond donors (Lipinski definition) is 5. The third-order valence-corrected chi connectivity index (χ3v) is 12.6. The number of carbonyl (C=O) groups excluding carboxylic acids is 5. The predicted octanol–water partition coefficient (Wildman–Crippen LogP) is 4.85. The first-order valence-corrected chi connectivity index (χ1v) is 22.6. The molecule has 4 atom stereocenters. The lowest BCUT2D eigenvalue weighted by Gasteiger charge is -2.57. The van der Waals surface area contributed by atoms with E-state index in [1.165, 1.54) is 0 Å². The first kappa shape index (κ1) is 46.6. The second kappa shape index (κ2) is 22.5. The minimum Gasteiger partial charge on any atom is -0.343 e. The SMILES string of the molecule is CC(C)C[C@@H](NC(=O)[C@@H](Cc1ccccc1)NC(=O)[C@H](N)Cc1ccccc1)C(=O)N[C@H](CCCCN)C(=O)N1CCC2(CC1)CCN2C(=O)C(c1ccccc1)c1ccccc1. The van der Waals surface area contributed by atoms with Gasteiger partial charge in [0.15, 0.2) is 0 Å². The van der Waals surface area contributed by atoms with E-state index < -0.39 is 47.8 Å². The van der Waals surface area contributed by atoms with Gasteiger partial charge in [0.2, 0.25) is 29.5 Å². The lowest BCUT2D eigenvalue weighted by molar-refractivity contribution is -0.155. The number of unbranched alkanes of at least 4 members (excludes halogenated alkanes) is 1. The summed E-state index contributed by atoms with van der Waals surface area (Å²) in [6, 6.07) is 34.8. The van der Waals surface area contributed by atoms with Crippen LogP contribution < -0.4 is 27.4 Å². The highest BCUT2D eigenvalue weighted by molar-refractivity contribution is 5.95. The molecule has 6 rings (SSSR count). The van der Waals surface area contributed by atoms with E-state index in [0.29, 0.717) is 71.1 Å². The minimum absolute atomic E-state index is 0.0173. The van der Waals surface area contributed by atoms with Gasteiger partial charge in [-0.1, -0.05) is 135 Å². The van der Waals surface area contributed by atoms with Gasteiger partial charge in [-0.2, -0.15) is 0 Å². The number of benzene rings is 4. The largest absolute Gasteiger partial charge is 0.343 e. The molecule has 4 aromatic carbocycles. The van der Waals surface area contributed by atoms with Crippen LogP contribution in [-0.4, -0.2) is 95.2 Å². The number of hydrogen-bond acceptors (Lipinski definition) is 7. The minimum atomic E-state index is -1.01. The summed E-state index contributed by atoms with van der Waals surface area (Å²) in [7, 11) is 0. The molecule has 334 valence electrons. The summed E-state index contributed by atoms with van der Waals surface area (Å²) in [5.74, 6) is -1.98. The van der Waals surface area contributed by atoms with Gasteiger partial charge in [0.1, 0.15) is 18.1 Å². The van der Waals surface area contributed by atoms with Gasteiger partial charge in [-0.15, -0.1) is 0 Å². The Hall–Kier alpha value is -5.85. The van der Waals surface area contributed by atoms with Crippen LogP contribution in [0.15, 0.2) is 121 Å². The smallest absolute Gasteiger partial charge is 0.245 e. The summed E-state index contributed by atoms with van der Waals surface area (Å²) < 4.78 is 0. The van der Waals surface area contributed by atoms with Crippen LogP contribution in [0.4, 0.5) is 0 Å². The van der Waals surface area contributed by atoms with Gasteiger partial charge in [0, 0.05) is 31.6 Å². The van der Waals surface area contributed by atoms with E-state index in [9.17, 15) is 24.0 Å². The quantitative estimate of drug-likeness (QED) is 0.0789. The Balaban J connectivity index is 1.13. The summed E-state index contributed by atoms with van der Waals surface area (Å²) in [6.07, 6.45) is 4.64. The fourth-order valence-electron chi connectivity index (χ4n) is 8.99. The van der Waals surface area contributed by atoms with Crippen LogP contribution in [0.5, 0.6) is 0 Å². The molecule has 0 unspecified atom stereocenters. The van der Waals surface area contributed by atoms with Gasteiger partial charge in [-0.05, 0) is 86.1 Å². The van der Waals surface area contributed by atoms with E-state index >= 15 is 0 Å². The van der Waals surface area contributed by atoms with Crippen molar-refractivity contribution in [2.45, 2.75) is 107 Å². The molecule has 5 amide bonds. The van der Waals surface area contributed by atoms with Crippen molar-refractivity contribution in [2.24, 2.45) is 17.4 Å². The average molecular weight is 856 g/mol. The zero-order valence-corrected chi connectivity index (χ0v) is 36.8. The molecule has 0 bridgehead atoms. The standard InChI is InChI=1S/C51H65N7O5/c1-36(2)33-43(56-48(61)44(35-38-19-9-4-10-20-38)55-46(59)41(53)34-37-17-7-3-8-18-37)47(60)54-42(25-15-16-29-52)49(62)57-30-26-51(27-31-57)28-32-58(51)50(63)45(39-21-11-5-12-22-39)40-23-13-6-14-24-40/h3-14,17-24,36,41-45H,15-16,25-35,52-53H2,1-2H3,(H,54,60)(H,55,59)(H,56,61)/t41-,42-,43-,44-/m1/s1. The fourth-order valence-corrected chi connectivity index (χ4v) is 8.99. The van der Waals surface area contributed by atoms with E-state index in [4.69, 9.17) is 11.5 Å². The van der Waals surface area contributed by atoms with Crippen LogP contribution in [0.3, 0.4) is 0 Å². The number of amides is 5. The maximum atomic E-state index is 14.4. The number of nitrogens with zero attached hydrogens (tertiary/aromatic N) is 2. The van der Waals surface area contributed by atoms with Crippen LogP contribution in [0.1, 0.15) is 87.0 Å². The Morgan fingerprint density at radius 1 is 0.587 bits per heavy atom. The van der Waals surface area contributed by atoms with Crippen LogP contribution >= 0.6 is 0 Å². The number of nitrogens with one attached hydrogen (secondary N) is 3. The topological polar surface area (TPSA) is 180 Å². The summed E-state index contributed by atoms with van der Waals surface area (Å²) in [6.45, 7) is 5.94. The van der Waals surface area contributed by atoms with Gasteiger partial charge < -0.3 is 37.2 Å². The molecule has 0 radical (unpaired) electrons. The molecule has 0 saturated carbocycles. The van der Waals surface area contributed by atoms with Crippen molar-refractivity contribution < 1.29 is 24.0 Å². The molecular formula is C51H65N7O5. The molecule has 7 N–H and O–H groups in total. The molecule has 2 saturated heterocycles. The second-order valence-electron chi connectivity index (χ2n) is 17.6. The highest BCUT2D eigenvalue weighted by Gasteiger charge is 2.51. The summed E-state index contributed by atoms with van der Waals surface area (Å²) >= 11 is 0. The second-order valence-corrected chi connectivity index (χ2v) is 17.6. The van der Waals surface area contributed by atoms with E-state index in [1.807, 2.05) is 145 Å². The van der Waals surface area contributed by atoms with Crippen molar-refractivity contribution >= 4 is 29.5 Å². The maximum Gasteiger partial charge on any atom is 0.245 e. The molecule has 2 aliphatic rings. The molecule has 63 heavy (non-hydrogen) atoms. The molecular weight excluding hydrogens is 791 g/mol. The van der Waals surface area contributed by atoms with Gasteiger partial charge in [0.05, 0.1) is 12.0 Å². The van der Waals surface area contributed by atoms with E-state index in [2.05, 4.69) is 16.0 Å². The number of likely N-dealkylation sites (tertiary alicyclic amines) is 2. The third-order valence-electron chi connectivity index (χ3n) is 12.6. The first-order chi connectivity index (χ1) is 30.5. The highest BCUT2D eigenvalue weighted by atomic mass is 16.2. The maximum absolute atomic E-state index is 14.4. The molecule has 0 aromatic heterocycles. The zero-order valence-electron chi connectivity index (χ0n) is 36.8. The Bertz CT molecular complexity index is 2060. The Kier molecular flexibility index (Phi) is 16.6. The van der Waals surface area contributed by atoms with Crippen molar-refractivity contribution in [2.75, 3.05) is 26.2 Å². The Labute approximate surface area is 372 Å². The number of nitrogens with two attached hydrogens (primary N) is 2. The third kappa shape index (κ3) is 12.4. The van der Waals surface area contributed by atoms with Crippen molar-refractivity contribution in [1.82, 2.24) is 25.8 Å². The van der Waals surface area contributed by atoms with Crippen LogP contribution in [0.2, 0.25) is 0 Å². The van der Waals surface area contributed by atoms with Gasteiger partial charge in [-0.3, -0.25) is 24.0 Å². The van der Waals surface area contributed by atoms with Crippen molar-refractivity contribution in [3.63, 3.8) is 0 Å². The van der Waals surface area contributed by atoms with E-state index in [0.717, 1.165) is 28.7 Å². The van der Waals surface area contributed by atoms with Crippen molar-refractivity contribution in [1.29, 1.82) is 0 Å². The number of rotatable bonds is 20. The first-order valence-electron chi connectivity index (χ1n) is 22.6. The Morgan fingerprint density at radius 3 is 1.57 bits per heavy atom.